The van der Waals surface area contributed by atoms with Crippen LogP contribution in [-0.4, -0.2) is 11.3 Å². The molecule has 0 aromatic heterocycles. The molecule has 0 heterocycles. The van der Waals surface area contributed by atoms with Gasteiger partial charge in [0, 0.05) is 0 Å². The van der Waals surface area contributed by atoms with E-state index >= 15 is 0 Å². The maximum atomic E-state index is 9.46. The van der Waals surface area contributed by atoms with Crippen molar-refractivity contribution >= 4 is 17.6 Å². The summed E-state index contributed by atoms with van der Waals surface area (Å²) in [6, 6.07) is 0. The number of carbonyl (C=O) groups excluding carboxylic acids is 1. The number of aliphatic carboxylic acids is 1. The van der Waals surface area contributed by atoms with Gasteiger partial charge in [-0.3, -0.25) is 0 Å². The molecule has 2 nitrogen and oxygen atoms in total. The van der Waals surface area contributed by atoms with Crippen molar-refractivity contribution in [1.29, 1.82) is 0 Å². The Balaban J connectivity index is 0. The monoisotopic (exact) mass is 114 g/mol. The molecule has 0 spiro atoms. The van der Waals surface area contributed by atoms with E-state index in [2.05, 4.69) is 0 Å². The molecule has 0 unspecified atom stereocenters. The predicted octanol–water partition coefficient (Wildman–Crippen LogP) is -3.63. The Labute approximate surface area is 59.0 Å². The minimum absolute atomic E-state index is 0. The normalized spacial score (nSPS) is 11.7. The fraction of sp³-hybridized carbons (Fsp3) is 0.667. The van der Waals surface area contributed by atoms with E-state index in [-0.39, 0.29) is 18.9 Å². The molecule has 1 atom stereocenters. The van der Waals surface area contributed by atoms with E-state index in [4.69, 9.17) is 11.6 Å². The van der Waals surface area contributed by atoms with Gasteiger partial charge in [-0.2, -0.15) is 0 Å². The zero-order chi connectivity index (χ0) is 5.15. The van der Waals surface area contributed by atoms with Crippen LogP contribution < -0.4 is 24.0 Å². The molecule has 0 fully saturated rings. The van der Waals surface area contributed by atoms with Gasteiger partial charge in [0.1, 0.15) is 0 Å². The Hall–Kier alpha value is 0.357. The van der Waals surface area contributed by atoms with Crippen molar-refractivity contribution in [3.05, 3.63) is 0 Å². The van der Waals surface area contributed by atoms with Crippen LogP contribution in [0.4, 0.5) is 0 Å². The number of rotatable bonds is 1. The molecule has 0 saturated carbocycles. The number of hydrogen-bond donors (Lipinski definition) is 0. The fourth-order valence-electron chi connectivity index (χ4n) is 0. The van der Waals surface area contributed by atoms with Crippen molar-refractivity contribution in [1.82, 2.24) is 0 Å². The van der Waals surface area contributed by atoms with Crippen LogP contribution in [0.2, 0.25) is 0 Å². The van der Waals surface area contributed by atoms with E-state index < -0.39 is 11.3 Å². The average molecular weight is 114 g/mol. The molecule has 0 aromatic carbocycles. The number of alkyl halides is 1. The molecule has 0 aliphatic rings. The minimum Gasteiger partial charge on any atom is -0.549 e. The summed E-state index contributed by atoms with van der Waals surface area (Å²) in [6.45, 7) is 1.34. The second-order valence-corrected chi connectivity index (χ2v) is 1.59. The molecule has 0 rings (SSSR count). The van der Waals surface area contributed by atoms with Crippen LogP contribution in [0, 0.1) is 0 Å². The summed E-state index contributed by atoms with van der Waals surface area (Å²) in [4.78, 5) is 9.46. The third kappa shape index (κ3) is 6.36. The largest absolute Gasteiger partial charge is 1.00 e. The van der Waals surface area contributed by atoms with Gasteiger partial charge in [0.2, 0.25) is 0 Å². The van der Waals surface area contributed by atoms with Crippen LogP contribution in [0.3, 0.4) is 0 Å². The molecule has 7 heavy (non-hydrogen) atoms. The van der Waals surface area contributed by atoms with E-state index in [1.807, 2.05) is 0 Å². The predicted molar refractivity (Wildman–Crippen MR) is 20.3 cm³/mol. The van der Waals surface area contributed by atoms with Gasteiger partial charge >= 0.3 is 18.9 Å². The molecule has 0 radical (unpaired) electrons. The van der Waals surface area contributed by atoms with Crippen molar-refractivity contribution in [2.24, 2.45) is 0 Å². The zero-order valence-electron chi connectivity index (χ0n) is 4.27. The fourth-order valence-corrected chi connectivity index (χ4v) is 0. The standard InChI is InChI=1S/C3H5ClO2.Li/c1-2(4)3(5)6;/h2H,1H3,(H,5,6);/q;+1/p-1/t2-;/m0./s1. The second-order valence-electron chi connectivity index (χ2n) is 0.935. The molecule has 0 amide bonds. The van der Waals surface area contributed by atoms with Gasteiger partial charge < -0.3 is 9.90 Å². The van der Waals surface area contributed by atoms with E-state index in [0.717, 1.165) is 0 Å². The Morgan fingerprint density at radius 1 is 1.86 bits per heavy atom. The Bertz CT molecular complexity index is 64.0. The van der Waals surface area contributed by atoms with Crippen molar-refractivity contribution in [2.75, 3.05) is 0 Å². The quantitative estimate of drug-likeness (QED) is 0.261. The second kappa shape index (κ2) is 4.51. The first-order valence-electron chi connectivity index (χ1n) is 1.49. The molecule has 36 valence electrons. The molecular formula is C3H4ClLiO2. The maximum Gasteiger partial charge on any atom is 1.00 e. The number of carbonyl (C=O) groups is 1. The topological polar surface area (TPSA) is 40.1 Å². The SMILES string of the molecule is C[C@H](Cl)C(=O)[O-].[Li+]. The van der Waals surface area contributed by atoms with E-state index in [0.29, 0.717) is 0 Å². The van der Waals surface area contributed by atoms with Crippen molar-refractivity contribution in [2.45, 2.75) is 12.3 Å². The van der Waals surface area contributed by atoms with Crippen molar-refractivity contribution in [3.63, 3.8) is 0 Å². The van der Waals surface area contributed by atoms with E-state index in [1.54, 1.807) is 0 Å². The van der Waals surface area contributed by atoms with Crippen LogP contribution >= 0.6 is 11.6 Å². The first-order chi connectivity index (χ1) is 2.64. The Kier molecular flexibility index (Phi) is 6.68. The average Bonchev–Trinajstić information content (AvgIpc) is 1.36. The van der Waals surface area contributed by atoms with Gasteiger partial charge in [-0.05, 0) is 6.92 Å². The molecular weight excluding hydrogens is 110 g/mol. The summed E-state index contributed by atoms with van der Waals surface area (Å²) < 4.78 is 0. The smallest absolute Gasteiger partial charge is 0.549 e. The summed E-state index contributed by atoms with van der Waals surface area (Å²) >= 11 is 4.95. The maximum absolute atomic E-state index is 9.46. The van der Waals surface area contributed by atoms with Crippen molar-refractivity contribution < 1.29 is 28.8 Å². The third-order valence-electron chi connectivity index (χ3n) is 0.325. The number of hydrogen-bond acceptors (Lipinski definition) is 2. The van der Waals surface area contributed by atoms with Crippen molar-refractivity contribution in [3.8, 4) is 0 Å². The summed E-state index contributed by atoms with van der Waals surface area (Å²) in [6.07, 6.45) is 0. The molecule has 0 saturated heterocycles. The first kappa shape index (κ1) is 10.4. The van der Waals surface area contributed by atoms with Gasteiger partial charge in [0.15, 0.2) is 0 Å². The van der Waals surface area contributed by atoms with Gasteiger partial charge in [-0.25, -0.2) is 0 Å². The van der Waals surface area contributed by atoms with E-state index in [9.17, 15) is 9.90 Å². The van der Waals surface area contributed by atoms with Gasteiger partial charge in [0.25, 0.3) is 0 Å². The summed E-state index contributed by atoms with van der Waals surface area (Å²) in [5.74, 6) is -1.23. The Morgan fingerprint density at radius 2 is 2.00 bits per heavy atom. The number of carboxylic acids is 1. The molecule has 0 N–H and O–H groups in total. The number of halogens is 1. The third-order valence-corrected chi connectivity index (χ3v) is 0.503. The first-order valence-corrected chi connectivity index (χ1v) is 1.93. The summed E-state index contributed by atoms with van der Waals surface area (Å²) in [5, 5.41) is 8.59. The summed E-state index contributed by atoms with van der Waals surface area (Å²) in [7, 11) is 0. The molecule has 0 aliphatic carbocycles. The minimum atomic E-state index is -1.23. The molecule has 0 aliphatic heterocycles. The van der Waals surface area contributed by atoms with Crippen LogP contribution in [-0.2, 0) is 4.79 Å². The van der Waals surface area contributed by atoms with Crippen LogP contribution in [0.5, 0.6) is 0 Å². The Morgan fingerprint density at radius 3 is 2.00 bits per heavy atom. The van der Waals surface area contributed by atoms with Gasteiger partial charge in [-0.15, -0.1) is 11.6 Å². The number of carboxylic acid groups (broad SMARTS) is 1. The molecule has 0 aromatic rings. The van der Waals surface area contributed by atoms with Crippen LogP contribution in [0.25, 0.3) is 0 Å². The molecule has 4 heteroatoms. The zero-order valence-corrected chi connectivity index (χ0v) is 5.03. The van der Waals surface area contributed by atoms with E-state index in [1.165, 1.54) is 6.92 Å². The van der Waals surface area contributed by atoms with Crippen LogP contribution in [0.15, 0.2) is 0 Å². The van der Waals surface area contributed by atoms with Gasteiger partial charge in [0.05, 0.1) is 11.3 Å². The van der Waals surface area contributed by atoms with Gasteiger partial charge in [-0.1, -0.05) is 0 Å². The summed E-state index contributed by atoms with van der Waals surface area (Å²) in [5.41, 5.74) is 0. The molecule has 0 bridgehead atoms. The van der Waals surface area contributed by atoms with Crippen LogP contribution in [0.1, 0.15) is 6.92 Å².